The second-order valence-electron chi connectivity index (χ2n) is 8.74. The molecule has 158 valence electrons. The van der Waals surface area contributed by atoms with Crippen LogP contribution in [0.2, 0.25) is 0 Å². The normalized spacial score (nSPS) is 14.5. The maximum atomic E-state index is 14.7. The number of amides is 1. The van der Waals surface area contributed by atoms with Crippen LogP contribution in [0.25, 0.3) is 0 Å². The first kappa shape index (κ1) is 21.4. The number of carbonyl (C=O) groups excluding carboxylic acids is 1. The van der Waals surface area contributed by atoms with E-state index >= 15 is 0 Å². The van der Waals surface area contributed by atoms with Crippen molar-refractivity contribution in [3.05, 3.63) is 52.1 Å². The highest BCUT2D eigenvalue weighted by Gasteiger charge is 2.39. The van der Waals surface area contributed by atoms with Crippen molar-refractivity contribution in [3.63, 3.8) is 0 Å². The molecule has 1 aliphatic rings. The fourth-order valence-corrected chi connectivity index (χ4v) is 3.68. The van der Waals surface area contributed by atoms with Crippen LogP contribution in [0.15, 0.2) is 18.2 Å². The fraction of sp³-hybridized carbons (Fsp3) is 0.545. The van der Waals surface area contributed by atoms with Crippen LogP contribution in [-0.4, -0.2) is 26.6 Å². The molecule has 2 aromatic rings. The van der Waals surface area contributed by atoms with Crippen LogP contribution in [0.1, 0.15) is 79.7 Å². The van der Waals surface area contributed by atoms with Crippen molar-refractivity contribution in [2.75, 3.05) is 0 Å². The van der Waals surface area contributed by atoms with Crippen LogP contribution in [0.3, 0.4) is 0 Å². The molecule has 0 aliphatic heterocycles. The maximum absolute atomic E-state index is 14.7. The first-order valence-electron chi connectivity index (χ1n) is 9.99. The van der Waals surface area contributed by atoms with Crippen LogP contribution in [0, 0.1) is 12.9 Å². The lowest BCUT2D eigenvalue weighted by Crippen LogP contribution is -2.34. The molecule has 0 bridgehead atoms. The van der Waals surface area contributed by atoms with Gasteiger partial charge in [0.25, 0.3) is 12.3 Å². The van der Waals surface area contributed by atoms with Crippen molar-refractivity contribution >= 4 is 5.91 Å². The summed E-state index contributed by atoms with van der Waals surface area (Å²) in [5.74, 6) is -1.69. The van der Waals surface area contributed by atoms with Gasteiger partial charge >= 0.3 is 0 Å². The second kappa shape index (κ2) is 7.84. The second-order valence-corrected chi connectivity index (χ2v) is 8.74. The zero-order chi connectivity index (χ0) is 21.5. The Labute approximate surface area is 169 Å². The maximum Gasteiger partial charge on any atom is 0.283 e. The topological polar surface area (TPSA) is 38.1 Å². The van der Waals surface area contributed by atoms with Gasteiger partial charge in [0, 0.05) is 19.1 Å². The zero-order valence-electron chi connectivity index (χ0n) is 17.6. The summed E-state index contributed by atoms with van der Waals surface area (Å²) in [4.78, 5) is 14.8. The Kier molecular flexibility index (Phi) is 5.79. The van der Waals surface area contributed by atoms with Crippen LogP contribution in [-0.2, 0) is 18.5 Å². The molecule has 29 heavy (non-hydrogen) atoms. The molecule has 1 aromatic heterocycles. The van der Waals surface area contributed by atoms with Gasteiger partial charge in [-0.15, -0.1) is 0 Å². The van der Waals surface area contributed by atoms with Crippen molar-refractivity contribution in [3.8, 4) is 0 Å². The third-order valence-corrected chi connectivity index (χ3v) is 5.30. The van der Waals surface area contributed by atoms with E-state index in [1.807, 2.05) is 25.1 Å². The molecule has 0 unspecified atom stereocenters. The highest BCUT2D eigenvalue weighted by atomic mass is 19.3. The van der Waals surface area contributed by atoms with E-state index in [9.17, 15) is 18.0 Å². The minimum absolute atomic E-state index is 0.0641. The van der Waals surface area contributed by atoms with E-state index in [2.05, 4.69) is 25.9 Å². The van der Waals surface area contributed by atoms with E-state index in [0.29, 0.717) is 0 Å². The Morgan fingerprint density at radius 2 is 1.97 bits per heavy atom. The Hall–Kier alpha value is -2.31. The van der Waals surface area contributed by atoms with Crippen molar-refractivity contribution in [1.29, 1.82) is 0 Å². The molecular weight excluding hydrogens is 379 g/mol. The molecule has 4 nitrogen and oxygen atoms in total. The summed E-state index contributed by atoms with van der Waals surface area (Å²) in [6, 6.07) is 6.02. The molecule has 7 heteroatoms. The van der Waals surface area contributed by atoms with Gasteiger partial charge in [0.2, 0.25) is 5.95 Å². The minimum atomic E-state index is -3.01. The first-order chi connectivity index (χ1) is 13.5. The summed E-state index contributed by atoms with van der Waals surface area (Å²) in [5, 5.41) is 3.63. The van der Waals surface area contributed by atoms with Gasteiger partial charge in [-0.2, -0.15) is 9.49 Å². The standard InChI is InChI=1S/C22H28F3N3O/c1-6-28-20(25)17(18(26-28)19(23)24)21(29)27(15-8-9-15)12-14-11-13(2)7-10-16(14)22(3,4)5/h7,10-11,15,19H,6,8-9,12H2,1-5H3. The molecule has 1 aliphatic carbocycles. The molecule has 1 saturated carbocycles. The highest BCUT2D eigenvalue weighted by Crippen LogP contribution is 2.35. The number of aromatic nitrogens is 2. The monoisotopic (exact) mass is 407 g/mol. The van der Waals surface area contributed by atoms with Gasteiger partial charge in [0.15, 0.2) is 0 Å². The summed E-state index contributed by atoms with van der Waals surface area (Å²) in [6.45, 7) is 10.2. The molecule has 0 saturated heterocycles. The summed E-state index contributed by atoms with van der Waals surface area (Å²) < 4.78 is 42.5. The van der Waals surface area contributed by atoms with Gasteiger partial charge in [-0.3, -0.25) is 4.79 Å². The predicted octanol–water partition coefficient (Wildman–Crippen LogP) is 5.39. The largest absolute Gasteiger partial charge is 0.331 e. The molecule has 0 N–H and O–H groups in total. The number of alkyl halides is 2. The molecule has 0 spiro atoms. The van der Waals surface area contributed by atoms with E-state index in [4.69, 9.17) is 0 Å². The quantitative estimate of drug-likeness (QED) is 0.644. The van der Waals surface area contributed by atoms with Crippen LogP contribution in [0.4, 0.5) is 13.2 Å². The average molecular weight is 407 g/mol. The molecule has 1 fully saturated rings. The third-order valence-electron chi connectivity index (χ3n) is 5.30. The Balaban J connectivity index is 2.03. The summed E-state index contributed by atoms with van der Waals surface area (Å²) in [5.41, 5.74) is 1.57. The molecule has 3 rings (SSSR count). The zero-order valence-corrected chi connectivity index (χ0v) is 17.6. The van der Waals surface area contributed by atoms with E-state index in [1.54, 1.807) is 6.92 Å². The number of carbonyl (C=O) groups is 1. The SMILES string of the molecule is CCn1nc(C(F)F)c(C(=O)N(Cc2cc(C)ccc2C(C)(C)C)C2CC2)c1F. The summed E-state index contributed by atoms with van der Waals surface area (Å²) in [7, 11) is 0. The number of nitrogens with zero attached hydrogens (tertiary/aromatic N) is 3. The van der Waals surface area contributed by atoms with Crippen molar-refractivity contribution < 1.29 is 18.0 Å². The van der Waals surface area contributed by atoms with Gasteiger partial charge < -0.3 is 4.90 Å². The van der Waals surface area contributed by atoms with Gasteiger partial charge in [0.05, 0.1) is 0 Å². The van der Waals surface area contributed by atoms with E-state index < -0.39 is 29.5 Å². The molecule has 0 radical (unpaired) electrons. The summed E-state index contributed by atoms with van der Waals surface area (Å²) >= 11 is 0. The lowest BCUT2D eigenvalue weighted by molar-refractivity contribution is 0.0711. The van der Waals surface area contributed by atoms with Gasteiger partial charge in [0.1, 0.15) is 11.3 Å². The van der Waals surface area contributed by atoms with Crippen molar-refractivity contribution in [1.82, 2.24) is 14.7 Å². The lowest BCUT2D eigenvalue weighted by Gasteiger charge is -2.28. The number of hydrogen-bond donors (Lipinski definition) is 0. The average Bonchev–Trinajstić information content (AvgIpc) is 3.40. The fourth-order valence-electron chi connectivity index (χ4n) is 3.68. The smallest absolute Gasteiger partial charge is 0.283 e. The molecule has 1 heterocycles. The molecule has 1 aromatic carbocycles. The minimum Gasteiger partial charge on any atom is -0.331 e. The van der Waals surface area contributed by atoms with Crippen LogP contribution < -0.4 is 0 Å². The number of aryl methyl sites for hydroxylation is 2. The molecule has 0 atom stereocenters. The number of rotatable bonds is 6. The van der Waals surface area contributed by atoms with Crippen molar-refractivity contribution in [2.24, 2.45) is 0 Å². The van der Waals surface area contributed by atoms with Gasteiger partial charge in [-0.05, 0) is 43.2 Å². The Morgan fingerprint density at radius 1 is 1.31 bits per heavy atom. The van der Waals surface area contributed by atoms with Gasteiger partial charge in [-0.25, -0.2) is 13.5 Å². The van der Waals surface area contributed by atoms with E-state index in [0.717, 1.165) is 34.2 Å². The Bertz CT molecular complexity index is 911. The van der Waals surface area contributed by atoms with Crippen LogP contribution >= 0.6 is 0 Å². The van der Waals surface area contributed by atoms with E-state index in [1.165, 1.54) is 4.90 Å². The number of hydrogen-bond acceptors (Lipinski definition) is 2. The Morgan fingerprint density at radius 3 is 2.48 bits per heavy atom. The molecular formula is C22H28F3N3O. The summed E-state index contributed by atoms with van der Waals surface area (Å²) in [6.07, 6.45) is -1.44. The van der Waals surface area contributed by atoms with Crippen molar-refractivity contribution in [2.45, 2.75) is 78.4 Å². The highest BCUT2D eigenvalue weighted by molar-refractivity contribution is 5.96. The lowest BCUT2D eigenvalue weighted by atomic mass is 9.83. The number of halogens is 3. The number of benzene rings is 1. The van der Waals surface area contributed by atoms with Gasteiger partial charge in [-0.1, -0.05) is 44.5 Å². The van der Waals surface area contributed by atoms with E-state index in [-0.39, 0.29) is 24.5 Å². The molecule has 1 amide bonds. The predicted molar refractivity (Wildman–Crippen MR) is 106 cm³/mol. The van der Waals surface area contributed by atoms with Crippen LogP contribution in [0.5, 0.6) is 0 Å². The third kappa shape index (κ3) is 4.33. The first-order valence-corrected chi connectivity index (χ1v) is 9.99.